The van der Waals surface area contributed by atoms with Gasteiger partial charge in [0.05, 0.1) is 18.1 Å². The molecule has 0 fully saturated rings. The Morgan fingerprint density at radius 2 is 1.82 bits per heavy atom. The standard InChI is InChI=1S/C14H18ClNO/c1-10-7-12(15)8-11(2)13(10)17-6-5-14(3,4)9-16/h7-8H,5-6H2,1-4H3. The van der Waals surface area contributed by atoms with E-state index >= 15 is 0 Å². The first-order valence-electron chi connectivity index (χ1n) is 5.66. The highest BCUT2D eigenvalue weighted by Gasteiger charge is 2.17. The molecular formula is C14H18ClNO. The minimum atomic E-state index is -0.339. The maximum absolute atomic E-state index is 8.91. The van der Waals surface area contributed by atoms with Gasteiger partial charge in [-0.25, -0.2) is 0 Å². The molecule has 0 saturated carbocycles. The molecule has 0 aliphatic carbocycles. The number of ether oxygens (including phenoxy) is 1. The van der Waals surface area contributed by atoms with Crippen molar-refractivity contribution in [3.05, 3.63) is 28.3 Å². The van der Waals surface area contributed by atoms with Crippen LogP contribution in [0, 0.1) is 30.6 Å². The summed E-state index contributed by atoms with van der Waals surface area (Å²) in [5, 5.41) is 9.64. The Labute approximate surface area is 108 Å². The molecule has 0 radical (unpaired) electrons. The van der Waals surface area contributed by atoms with Gasteiger partial charge in [0.2, 0.25) is 0 Å². The first-order valence-corrected chi connectivity index (χ1v) is 6.04. The fourth-order valence-corrected chi connectivity index (χ4v) is 1.92. The molecule has 0 unspecified atom stereocenters. The van der Waals surface area contributed by atoms with Gasteiger partial charge in [0.15, 0.2) is 0 Å². The Hall–Kier alpha value is -1.20. The molecule has 0 bridgehead atoms. The Morgan fingerprint density at radius 1 is 1.29 bits per heavy atom. The van der Waals surface area contributed by atoms with Crippen LogP contribution in [0.1, 0.15) is 31.4 Å². The van der Waals surface area contributed by atoms with Crippen molar-refractivity contribution in [2.75, 3.05) is 6.61 Å². The third-order valence-corrected chi connectivity index (χ3v) is 2.92. The summed E-state index contributed by atoms with van der Waals surface area (Å²) in [4.78, 5) is 0. The highest BCUT2D eigenvalue weighted by Crippen LogP contribution is 2.28. The molecule has 0 atom stereocenters. The third-order valence-electron chi connectivity index (χ3n) is 2.70. The number of nitriles is 1. The highest BCUT2D eigenvalue weighted by molar-refractivity contribution is 6.30. The van der Waals surface area contributed by atoms with Crippen LogP contribution in [0.25, 0.3) is 0 Å². The summed E-state index contributed by atoms with van der Waals surface area (Å²) in [7, 11) is 0. The van der Waals surface area contributed by atoms with E-state index in [1.165, 1.54) is 0 Å². The van der Waals surface area contributed by atoms with Gasteiger partial charge in [-0.2, -0.15) is 5.26 Å². The Bertz CT molecular complexity index is 423. The minimum Gasteiger partial charge on any atom is -0.493 e. The normalized spacial score (nSPS) is 11.1. The Morgan fingerprint density at radius 3 is 2.29 bits per heavy atom. The molecule has 3 heteroatoms. The summed E-state index contributed by atoms with van der Waals surface area (Å²) in [6.45, 7) is 8.33. The van der Waals surface area contributed by atoms with Crippen LogP contribution >= 0.6 is 11.6 Å². The Balaban J connectivity index is 2.68. The van der Waals surface area contributed by atoms with Crippen LogP contribution in [-0.4, -0.2) is 6.61 Å². The summed E-state index contributed by atoms with van der Waals surface area (Å²) >= 11 is 5.95. The molecule has 92 valence electrons. The second kappa shape index (κ2) is 5.42. The lowest BCUT2D eigenvalue weighted by atomic mass is 9.92. The van der Waals surface area contributed by atoms with Gasteiger partial charge < -0.3 is 4.74 Å². The van der Waals surface area contributed by atoms with E-state index in [-0.39, 0.29) is 5.41 Å². The quantitative estimate of drug-likeness (QED) is 0.800. The van der Waals surface area contributed by atoms with E-state index in [0.717, 1.165) is 21.9 Å². The van der Waals surface area contributed by atoms with Gasteiger partial charge in [-0.05, 0) is 57.4 Å². The first-order chi connectivity index (χ1) is 7.85. The number of nitrogens with zero attached hydrogens (tertiary/aromatic N) is 1. The fraction of sp³-hybridized carbons (Fsp3) is 0.500. The molecule has 17 heavy (non-hydrogen) atoms. The lowest BCUT2D eigenvalue weighted by Gasteiger charge is -2.17. The molecule has 2 nitrogen and oxygen atoms in total. The number of hydrogen-bond donors (Lipinski definition) is 0. The number of benzene rings is 1. The van der Waals surface area contributed by atoms with Crippen molar-refractivity contribution in [2.24, 2.45) is 5.41 Å². The molecular weight excluding hydrogens is 234 g/mol. The molecule has 1 rings (SSSR count). The van der Waals surface area contributed by atoms with Gasteiger partial charge in [-0.15, -0.1) is 0 Å². The second-order valence-corrected chi connectivity index (χ2v) is 5.40. The molecule has 0 N–H and O–H groups in total. The number of aryl methyl sites for hydroxylation is 2. The summed E-state index contributed by atoms with van der Waals surface area (Å²) in [6, 6.07) is 6.04. The highest BCUT2D eigenvalue weighted by atomic mass is 35.5. The van der Waals surface area contributed by atoms with Crippen LogP contribution in [0.3, 0.4) is 0 Å². The molecule has 1 aromatic carbocycles. The third kappa shape index (κ3) is 3.94. The molecule has 0 aliphatic rings. The van der Waals surface area contributed by atoms with E-state index in [2.05, 4.69) is 6.07 Å². The number of hydrogen-bond acceptors (Lipinski definition) is 2. The molecule has 0 aromatic heterocycles. The number of rotatable bonds is 4. The average molecular weight is 252 g/mol. The van der Waals surface area contributed by atoms with Gasteiger partial charge >= 0.3 is 0 Å². The monoisotopic (exact) mass is 251 g/mol. The zero-order valence-corrected chi connectivity index (χ0v) is 11.6. The van der Waals surface area contributed by atoms with Crippen LogP contribution in [-0.2, 0) is 0 Å². The van der Waals surface area contributed by atoms with E-state index in [1.54, 1.807) is 0 Å². The van der Waals surface area contributed by atoms with Crippen molar-refractivity contribution in [2.45, 2.75) is 34.1 Å². The van der Waals surface area contributed by atoms with E-state index < -0.39 is 0 Å². The maximum Gasteiger partial charge on any atom is 0.125 e. The number of halogens is 1. The van der Waals surface area contributed by atoms with Gasteiger partial charge in [0.1, 0.15) is 5.75 Å². The molecule has 1 aromatic rings. The van der Waals surface area contributed by atoms with Crippen LogP contribution in [0.4, 0.5) is 0 Å². The topological polar surface area (TPSA) is 33.0 Å². The lowest BCUT2D eigenvalue weighted by Crippen LogP contribution is -2.13. The van der Waals surface area contributed by atoms with Gasteiger partial charge in [0.25, 0.3) is 0 Å². The molecule has 0 spiro atoms. The smallest absolute Gasteiger partial charge is 0.125 e. The largest absolute Gasteiger partial charge is 0.493 e. The molecule has 0 amide bonds. The van der Waals surface area contributed by atoms with E-state index in [1.807, 2.05) is 39.8 Å². The summed E-state index contributed by atoms with van der Waals surface area (Å²) in [6.07, 6.45) is 0.713. The summed E-state index contributed by atoms with van der Waals surface area (Å²) in [5.41, 5.74) is 1.73. The summed E-state index contributed by atoms with van der Waals surface area (Å²) in [5.74, 6) is 0.878. The van der Waals surface area contributed by atoms with Crippen molar-refractivity contribution < 1.29 is 4.74 Å². The van der Waals surface area contributed by atoms with E-state index in [0.29, 0.717) is 13.0 Å². The van der Waals surface area contributed by atoms with Crippen LogP contribution in [0.15, 0.2) is 12.1 Å². The van der Waals surface area contributed by atoms with Gasteiger partial charge in [-0.3, -0.25) is 0 Å². The predicted octanol–water partition coefficient (Wildman–Crippen LogP) is 4.28. The molecule has 0 saturated heterocycles. The Kier molecular flexibility index (Phi) is 4.42. The maximum atomic E-state index is 8.91. The predicted molar refractivity (Wildman–Crippen MR) is 70.4 cm³/mol. The van der Waals surface area contributed by atoms with Crippen LogP contribution in [0.2, 0.25) is 5.02 Å². The lowest BCUT2D eigenvalue weighted by molar-refractivity contribution is 0.261. The fourth-order valence-electron chi connectivity index (χ4n) is 1.59. The summed E-state index contributed by atoms with van der Waals surface area (Å²) < 4.78 is 5.75. The van der Waals surface area contributed by atoms with Gasteiger partial charge in [-0.1, -0.05) is 11.6 Å². The molecule has 0 heterocycles. The van der Waals surface area contributed by atoms with Crippen LogP contribution < -0.4 is 4.74 Å². The van der Waals surface area contributed by atoms with Gasteiger partial charge in [0, 0.05) is 5.02 Å². The van der Waals surface area contributed by atoms with E-state index in [9.17, 15) is 0 Å². The van der Waals surface area contributed by atoms with Crippen molar-refractivity contribution in [3.8, 4) is 11.8 Å². The molecule has 0 aliphatic heterocycles. The van der Waals surface area contributed by atoms with Crippen molar-refractivity contribution in [3.63, 3.8) is 0 Å². The second-order valence-electron chi connectivity index (χ2n) is 4.96. The SMILES string of the molecule is Cc1cc(Cl)cc(C)c1OCCC(C)(C)C#N. The zero-order valence-electron chi connectivity index (χ0n) is 10.8. The van der Waals surface area contributed by atoms with Crippen molar-refractivity contribution in [1.29, 1.82) is 5.26 Å². The van der Waals surface area contributed by atoms with Crippen molar-refractivity contribution >= 4 is 11.6 Å². The van der Waals surface area contributed by atoms with E-state index in [4.69, 9.17) is 21.6 Å². The van der Waals surface area contributed by atoms with Crippen molar-refractivity contribution in [1.82, 2.24) is 0 Å². The average Bonchev–Trinajstić information content (AvgIpc) is 2.22. The first kappa shape index (κ1) is 13.9. The van der Waals surface area contributed by atoms with Crippen LogP contribution in [0.5, 0.6) is 5.75 Å². The minimum absolute atomic E-state index is 0.339. The zero-order chi connectivity index (χ0) is 13.1.